The molecule has 1 fully saturated rings. The van der Waals surface area contributed by atoms with Crippen LogP contribution in [0.4, 0.5) is 0 Å². The molecule has 0 saturated heterocycles. The Morgan fingerprint density at radius 3 is 1.58 bits per heavy atom. The van der Waals surface area contributed by atoms with E-state index in [-0.39, 0.29) is 24.4 Å². The third-order valence-electron chi connectivity index (χ3n) is 7.43. The minimum absolute atomic E-state index is 0.00534. The monoisotopic (exact) mass is 510 g/mol. The Kier molecular flexibility index (Phi) is 8.01. The van der Waals surface area contributed by atoms with Crippen LogP contribution in [0.15, 0.2) is 103 Å². The predicted molar refractivity (Wildman–Crippen MR) is 143 cm³/mol. The molecule has 38 heavy (non-hydrogen) atoms. The van der Waals surface area contributed by atoms with Crippen LogP contribution in [0.25, 0.3) is 0 Å². The average molecular weight is 511 g/mol. The Labute approximate surface area is 222 Å². The topological polar surface area (TPSA) is 86.7 Å². The van der Waals surface area contributed by atoms with E-state index in [4.69, 9.17) is 9.47 Å². The minimum atomic E-state index is -1.60. The molecule has 0 N–H and O–H groups in total. The van der Waals surface area contributed by atoms with E-state index in [1.165, 1.54) is 14.2 Å². The molecule has 0 aromatic heterocycles. The van der Waals surface area contributed by atoms with Gasteiger partial charge in [0, 0.05) is 17.0 Å². The normalized spacial score (nSPS) is 17.0. The fourth-order valence-corrected chi connectivity index (χ4v) is 5.62. The van der Waals surface area contributed by atoms with Crippen molar-refractivity contribution in [3.63, 3.8) is 0 Å². The van der Waals surface area contributed by atoms with Gasteiger partial charge in [0.2, 0.25) is 0 Å². The number of carbonyl (C=O) groups is 4. The number of ketones is 2. The highest BCUT2D eigenvalue weighted by Crippen LogP contribution is 2.54. The van der Waals surface area contributed by atoms with E-state index in [2.05, 4.69) is 6.58 Å². The van der Waals surface area contributed by atoms with Gasteiger partial charge in [-0.3, -0.25) is 19.2 Å². The highest BCUT2D eigenvalue weighted by molar-refractivity contribution is 6.17. The molecule has 0 unspecified atom stereocenters. The summed E-state index contributed by atoms with van der Waals surface area (Å²) >= 11 is 0. The highest BCUT2D eigenvalue weighted by atomic mass is 16.5. The number of hydrogen-bond acceptors (Lipinski definition) is 6. The third kappa shape index (κ3) is 4.94. The smallest absolute Gasteiger partial charge is 0.323 e. The van der Waals surface area contributed by atoms with Gasteiger partial charge in [0.25, 0.3) is 0 Å². The number of methoxy groups -OCH3 is 2. The second-order valence-electron chi connectivity index (χ2n) is 9.59. The molecule has 3 aromatic carbocycles. The predicted octanol–water partition coefficient (Wildman–Crippen LogP) is 5.45. The highest BCUT2D eigenvalue weighted by Gasteiger charge is 2.58. The Morgan fingerprint density at radius 2 is 1.16 bits per heavy atom. The van der Waals surface area contributed by atoms with Gasteiger partial charge in [-0.15, -0.1) is 0 Å². The summed E-state index contributed by atoms with van der Waals surface area (Å²) in [6.45, 7) is 4.22. The maximum atomic E-state index is 14.1. The van der Waals surface area contributed by atoms with Crippen LogP contribution in [0, 0.1) is 17.3 Å². The fraction of sp³-hybridized carbons (Fsp3) is 0.250. The largest absolute Gasteiger partial charge is 0.468 e. The van der Waals surface area contributed by atoms with E-state index in [1.807, 2.05) is 30.3 Å². The zero-order valence-electron chi connectivity index (χ0n) is 21.5. The molecule has 1 saturated carbocycles. The molecule has 6 nitrogen and oxygen atoms in total. The SMILES string of the molecule is C=C1CC(C(=O)OC)(C(=O)OC)C[C@H]1[C@@H](c1ccccc1)C(C(=O)c1ccccc1)C(=O)c1ccccc1. The Hall–Kier alpha value is -4.32. The van der Waals surface area contributed by atoms with E-state index in [0.29, 0.717) is 16.7 Å². The van der Waals surface area contributed by atoms with Gasteiger partial charge in [0.15, 0.2) is 17.0 Å². The summed E-state index contributed by atoms with van der Waals surface area (Å²) in [5.41, 5.74) is 0.523. The lowest BCUT2D eigenvalue weighted by molar-refractivity contribution is -0.168. The van der Waals surface area contributed by atoms with Crippen molar-refractivity contribution in [3.05, 3.63) is 120 Å². The van der Waals surface area contributed by atoms with E-state index in [0.717, 1.165) is 5.56 Å². The second-order valence-corrected chi connectivity index (χ2v) is 9.59. The van der Waals surface area contributed by atoms with E-state index >= 15 is 0 Å². The van der Waals surface area contributed by atoms with Crippen molar-refractivity contribution >= 4 is 23.5 Å². The van der Waals surface area contributed by atoms with E-state index < -0.39 is 35.1 Å². The first kappa shape index (κ1) is 26.7. The van der Waals surface area contributed by atoms with Crippen LogP contribution in [0.1, 0.15) is 45.0 Å². The molecule has 1 aliphatic rings. The average Bonchev–Trinajstić information content (AvgIpc) is 3.33. The Balaban J connectivity index is 1.90. The summed E-state index contributed by atoms with van der Waals surface area (Å²) in [5, 5.41) is 0. The summed E-state index contributed by atoms with van der Waals surface area (Å²) in [6.07, 6.45) is 0.0114. The molecule has 0 spiro atoms. The van der Waals surface area contributed by atoms with Crippen LogP contribution in [0.3, 0.4) is 0 Å². The van der Waals surface area contributed by atoms with Crippen LogP contribution >= 0.6 is 0 Å². The molecule has 194 valence electrons. The van der Waals surface area contributed by atoms with Gasteiger partial charge < -0.3 is 9.47 Å². The molecular formula is C32H30O6. The molecule has 3 aromatic rings. The van der Waals surface area contributed by atoms with Crippen molar-refractivity contribution in [1.29, 1.82) is 0 Å². The molecule has 0 radical (unpaired) electrons. The third-order valence-corrected chi connectivity index (χ3v) is 7.43. The molecule has 0 aliphatic heterocycles. The summed E-state index contributed by atoms with van der Waals surface area (Å²) in [7, 11) is 2.44. The second kappa shape index (κ2) is 11.4. The van der Waals surface area contributed by atoms with Crippen LogP contribution < -0.4 is 0 Å². The van der Waals surface area contributed by atoms with Crippen molar-refractivity contribution in [2.75, 3.05) is 14.2 Å². The van der Waals surface area contributed by atoms with Crippen LogP contribution in [0.5, 0.6) is 0 Å². The zero-order valence-corrected chi connectivity index (χ0v) is 21.5. The summed E-state index contributed by atoms with van der Waals surface area (Å²) in [5.74, 6) is -4.50. The van der Waals surface area contributed by atoms with Crippen LogP contribution in [-0.2, 0) is 19.1 Å². The quantitative estimate of drug-likeness (QED) is 0.165. The van der Waals surface area contributed by atoms with Gasteiger partial charge in [-0.1, -0.05) is 103 Å². The first-order valence-corrected chi connectivity index (χ1v) is 12.4. The van der Waals surface area contributed by atoms with Gasteiger partial charge >= 0.3 is 11.9 Å². The lowest BCUT2D eigenvalue weighted by atomic mass is 9.69. The van der Waals surface area contributed by atoms with Gasteiger partial charge in [0.05, 0.1) is 20.1 Å². The standard InChI is InChI=1S/C32H30O6/c1-21-19-32(30(35)37-2,31(36)38-3)20-25(21)26(22-13-7-4-8-14-22)27(28(33)23-15-9-5-10-16-23)29(34)24-17-11-6-12-18-24/h4-18,25-27H,1,19-20H2,2-3H3/t25-,26-/m1/s1. The first-order valence-electron chi connectivity index (χ1n) is 12.4. The fourth-order valence-electron chi connectivity index (χ4n) is 5.62. The molecular weight excluding hydrogens is 480 g/mol. The maximum Gasteiger partial charge on any atom is 0.323 e. The van der Waals surface area contributed by atoms with E-state index in [9.17, 15) is 19.2 Å². The van der Waals surface area contributed by atoms with Crippen molar-refractivity contribution in [3.8, 4) is 0 Å². The summed E-state index contributed by atoms with van der Waals surface area (Å²) in [6, 6.07) is 26.6. The number of esters is 2. The van der Waals surface area contributed by atoms with Gasteiger partial charge in [0.1, 0.15) is 0 Å². The van der Waals surface area contributed by atoms with Crippen molar-refractivity contribution in [2.45, 2.75) is 18.8 Å². The zero-order chi connectivity index (χ0) is 27.3. The lowest BCUT2D eigenvalue weighted by Gasteiger charge is -2.32. The van der Waals surface area contributed by atoms with Crippen LogP contribution in [-0.4, -0.2) is 37.7 Å². The number of benzene rings is 3. The lowest BCUT2D eigenvalue weighted by Crippen LogP contribution is -2.40. The molecule has 0 amide bonds. The van der Waals surface area contributed by atoms with Crippen LogP contribution in [0.2, 0.25) is 0 Å². The number of hydrogen-bond donors (Lipinski definition) is 0. The van der Waals surface area contributed by atoms with Crippen molar-refractivity contribution in [2.24, 2.45) is 17.3 Å². The number of rotatable bonds is 9. The summed E-state index contributed by atoms with van der Waals surface area (Å²) in [4.78, 5) is 54.2. The van der Waals surface area contributed by atoms with Gasteiger partial charge in [-0.2, -0.15) is 0 Å². The molecule has 0 bridgehead atoms. The number of allylic oxidation sites excluding steroid dienone is 1. The van der Waals surface area contributed by atoms with Gasteiger partial charge in [-0.25, -0.2) is 0 Å². The Morgan fingerprint density at radius 1 is 0.737 bits per heavy atom. The Bertz CT molecular complexity index is 1260. The maximum absolute atomic E-state index is 14.1. The summed E-state index contributed by atoms with van der Waals surface area (Å²) < 4.78 is 10.0. The molecule has 1 aliphatic carbocycles. The molecule has 2 atom stereocenters. The van der Waals surface area contributed by atoms with Crippen molar-refractivity contribution in [1.82, 2.24) is 0 Å². The van der Waals surface area contributed by atoms with Crippen molar-refractivity contribution < 1.29 is 28.7 Å². The van der Waals surface area contributed by atoms with Gasteiger partial charge in [-0.05, 0) is 24.3 Å². The van der Waals surface area contributed by atoms with E-state index in [1.54, 1.807) is 60.7 Å². The molecule has 4 rings (SSSR count). The molecule has 6 heteroatoms. The minimum Gasteiger partial charge on any atom is -0.468 e. The first-order chi connectivity index (χ1) is 18.3. The molecule has 0 heterocycles. The number of Topliss-reactive ketones (excluding diaryl/α,β-unsaturated/α-hetero) is 2. The number of carbonyl (C=O) groups excluding carboxylic acids is 4. The number of ether oxygens (including phenoxy) is 2.